The summed E-state index contributed by atoms with van der Waals surface area (Å²) in [5, 5.41) is 14.7. The Morgan fingerprint density at radius 2 is 1.85 bits per heavy atom. The van der Waals surface area contributed by atoms with Crippen molar-refractivity contribution in [2.45, 2.75) is 72.5 Å². The van der Waals surface area contributed by atoms with Gasteiger partial charge in [0.1, 0.15) is 5.75 Å². The number of rotatable bonds is 9. The van der Waals surface area contributed by atoms with Crippen LogP contribution in [-0.4, -0.2) is 56.1 Å². The summed E-state index contributed by atoms with van der Waals surface area (Å²) in [6, 6.07) is 5.78. The maximum atomic E-state index is 12.6. The lowest BCUT2D eigenvalue weighted by molar-refractivity contribution is -0.160. The summed E-state index contributed by atoms with van der Waals surface area (Å²) < 4.78 is 13.8. The number of anilines is 1. The topological polar surface area (TPSA) is 103 Å². The van der Waals surface area contributed by atoms with Gasteiger partial charge in [-0.05, 0) is 64.2 Å². The van der Waals surface area contributed by atoms with E-state index >= 15 is 0 Å². The first kappa shape index (κ1) is 28.5. The summed E-state index contributed by atoms with van der Waals surface area (Å²) in [5.41, 5.74) is 4.13. The van der Waals surface area contributed by atoms with Crippen molar-refractivity contribution in [2.24, 2.45) is 12.5 Å². The van der Waals surface area contributed by atoms with Crippen molar-refractivity contribution in [3.8, 4) is 17.0 Å². The monoisotopic (exact) mass is 535 g/mol. The standard InChI is InChI=1S/C30H41N5O4/c1-20-25(27(28(36)37)39-29(2,3)4)26(35-15-12-30(5,6)13-16-35)23(19-31-20)24-9-8-22(18-32-24)38-17-11-21-10-14-34(7)33-21/h8-10,14,18-19,27H,11-13,15-17H2,1-7H3,(H,36,37)/t27-/m0/s1. The van der Waals surface area contributed by atoms with Gasteiger partial charge in [-0.25, -0.2) is 4.79 Å². The van der Waals surface area contributed by atoms with Crippen LogP contribution < -0.4 is 9.64 Å². The number of hydrogen-bond acceptors (Lipinski definition) is 7. The van der Waals surface area contributed by atoms with Gasteiger partial charge in [0.25, 0.3) is 0 Å². The minimum absolute atomic E-state index is 0.236. The molecule has 0 saturated carbocycles. The SMILES string of the molecule is Cc1ncc(-c2ccc(OCCc3ccn(C)n3)cn2)c(N2CCC(C)(C)CC2)c1[C@H](OC(C)(C)C)C(=O)O. The number of carbonyl (C=O) groups is 1. The molecule has 1 fully saturated rings. The summed E-state index contributed by atoms with van der Waals surface area (Å²) in [5.74, 6) is -0.370. The smallest absolute Gasteiger partial charge is 0.337 e. The van der Waals surface area contributed by atoms with Crippen molar-refractivity contribution in [1.82, 2.24) is 19.7 Å². The summed E-state index contributed by atoms with van der Waals surface area (Å²) in [6.07, 6.45) is 6.97. The van der Waals surface area contributed by atoms with Crippen LogP contribution in [0.15, 0.2) is 36.8 Å². The lowest BCUT2D eigenvalue weighted by Gasteiger charge is -2.40. The van der Waals surface area contributed by atoms with E-state index in [2.05, 4.69) is 28.8 Å². The molecule has 39 heavy (non-hydrogen) atoms. The highest BCUT2D eigenvalue weighted by atomic mass is 16.5. The van der Waals surface area contributed by atoms with Crippen molar-refractivity contribution in [3.05, 3.63) is 53.7 Å². The molecule has 1 atom stereocenters. The average molecular weight is 536 g/mol. The third-order valence-corrected chi connectivity index (χ3v) is 7.09. The first-order valence-corrected chi connectivity index (χ1v) is 13.6. The third kappa shape index (κ3) is 7.15. The molecule has 0 aromatic carbocycles. The largest absolute Gasteiger partial charge is 0.492 e. The first-order chi connectivity index (χ1) is 18.3. The lowest BCUT2D eigenvalue weighted by atomic mass is 9.82. The van der Waals surface area contributed by atoms with Gasteiger partial charge in [0.2, 0.25) is 0 Å². The molecule has 0 radical (unpaired) electrons. The van der Waals surface area contributed by atoms with Crippen molar-refractivity contribution in [1.29, 1.82) is 0 Å². The van der Waals surface area contributed by atoms with Gasteiger partial charge in [-0.2, -0.15) is 5.10 Å². The van der Waals surface area contributed by atoms with E-state index in [-0.39, 0.29) is 5.41 Å². The van der Waals surface area contributed by atoms with E-state index in [4.69, 9.17) is 14.5 Å². The van der Waals surface area contributed by atoms with Gasteiger partial charge in [-0.1, -0.05) is 13.8 Å². The fourth-order valence-electron chi connectivity index (χ4n) is 4.87. The number of carboxylic acids is 1. The van der Waals surface area contributed by atoms with Gasteiger partial charge in [0, 0.05) is 55.8 Å². The van der Waals surface area contributed by atoms with Crippen molar-refractivity contribution < 1.29 is 19.4 Å². The van der Waals surface area contributed by atoms with Gasteiger partial charge in [-0.3, -0.25) is 14.6 Å². The number of hydrogen-bond donors (Lipinski definition) is 1. The van der Waals surface area contributed by atoms with Crippen LogP contribution in [0.25, 0.3) is 11.3 Å². The molecule has 9 heteroatoms. The predicted molar refractivity (Wildman–Crippen MR) is 151 cm³/mol. The van der Waals surface area contributed by atoms with Crippen molar-refractivity contribution >= 4 is 11.7 Å². The second-order valence-corrected chi connectivity index (χ2v) is 12.1. The summed E-state index contributed by atoms with van der Waals surface area (Å²) in [6.45, 7) is 14.1. The van der Waals surface area contributed by atoms with E-state index in [0.29, 0.717) is 35.7 Å². The molecular formula is C30H41N5O4. The van der Waals surface area contributed by atoms with E-state index < -0.39 is 17.7 Å². The fourth-order valence-corrected chi connectivity index (χ4v) is 4.87. The number of pyridine rings is 2. The normalized spacial score (nSPS) is 16.2. The van der Waals surface area contributed by atoms with Gasteiger partial charge >= 0.3 is 5.97 Å². The summed E-state index contributed by atoms with van der Waals surface area (Å²) in [4.78, 5) is 24.2. The molecule has 1 saturated heterocycles. The zero-order chi connectivity index (χ0) is 28.4. The molecular weight excluding hydrogens is 494 g/mol. The average Bonchev–Trinajstić information content (AvgIpc) is 3.27. The molecule has 9 nitrogen and oxygen atoms in total. The van der Waals surface area contributed by atoms with Gasteiger partial charge < -0.3 is 19.5 Å². The number of aromatic nitrogens is 4. The molecule has 3 aromatic rings. The first-order valence-electron chi connectivity index (χ1n) is 13.6. The Morgan fingerprint density at radius 3 is 2.41 bits per heavy atom. The molecule has 0 aliphatic carbocycles. The molecule has 1 aliphatic rings. The molecule has 0 bridgehead atoms. The predicted octanol–water partition coefficient (Wildman–Crippen LogP) is 5.37. The number of aliphatic carboxylic acids is 1. The Morgan fingerprint density at radius 1 is 1.13 bits per heavy atom. The van der Waals surface area contributed by atoms with Crippen molar-refractivity contribution in [2.75, 3.05) is 24.6 Å². The molecule has 1 N–H and O–H groups in total. The Bertz CT molecular complexity index is 1280. The van der Waals surface area contributed by atoms with Gasteiger partial charge in [0.05, 0.1) is 35.5 Å². The number of carboxylic acid groups (broad SMARTS) is 1. The molecule has 0 spiro atoms. The Kier molecular flexibility index (Phi) is 8.30. The number of ether oxygens (including phenoxy) is 2. The highest BCUT2D eigenvalue weighted by Gasteiger charge is 2.36. The molecule has 210 valence electrons. The van der Waals surface area contributed by atoms with Crippen LogP contribution in [-0.2, 0) is 23.0 Å². The highest BCUT2D eigenvalue weighted by Crippen LogP contribution is 2.43. The van der Waals surface area contributed by atoms with Gasteiger partial charge in [-0.15, -0.1) is 0 Å². The van der Waals surface area contributed by atoms with Crippen LogP contribution in [0.2, 0.25) is 0 Å². The zero-order valence-corrected chi connectivity index (χ0v) is 24.2. The molecule has 0 amide bonds. The zero-order valence-electron chi connectivity index (χ0n) is 24.2. The highest BCUT2D eigenvalue weighted by molar-refractivity contribution is 5.85. The number of nitrogens with zero attached hydrogens (tertiary/aromatic N) is 5. The summed E-state index contributed by atoms with van der Waals surface area (Å²) in [7, 11) is 1.89. The molecule has 1 aliphatic heterocycles. The molecule has 0 unspecified atom stereocenters. The fraction of sp³-hybridized carbons (Fsp3) is 0.533. The van der Waals surface area contributed by atoms with E-state index in [0.717, 1.165) is 42.9 Å². The van der Waals surface area contributed by atoms with Crippen LogP contribution in [0.1, 0.15) is 70.5 Å². The van der Waals surface area contributed by atoms with Gasteiger partial charge in [0.15, 0.2) is 6.10 Å². The molecule has 4 rings (SSSR count). The lowest BCUT2D eigenvalue weighted by Crippen LogP contribution is -2.39. The third-order valence-electron chi connectivity index (χ3n) is 7.09. The second kappa shape index (κ2) is 11.3. The summed E-state index contributed by atoms with van der Waals surface area (Å²) >= 11 is 0. The minimum Gasteiger partial charge on any atom is -0.492 e. The van der Waals surface area contributed by atoms with E-state index in [9.17, 15) is 9.90 Å². The van der Waals surface area contributed by atoms with Crippen LogP contribution in [0, 0.1) is 12.3 Å². The van der Waals surface area contributed by atoms with Crippen LogP contribution >= 0.6 is 0 Å². The Labute approximate surface area is 231 Å². The maximum absolute atomic E-state index is 12.6. The van der Waals surface area contributed by atoms with E-state index in [1.807, 2.05) is 59.1 Å². The number of aryl methyl sites for hydroxylation is 2. The van der Waals surface area contributed by atoms with Crippen molar-refractivity contribution in [3.63, 3.8) is 0 Å². The Hall–Kier alpha value is -3.46. The number of piperidine rings is 1. The Balaban J connectivity index is 1.69. The second-order valence-electron chi connectivity index (χ2n) is 12.1. The van der Waals surface area contributed by atoms with Crippen LogP contribution in [0.3, 0.4) is 0 Å². The molecule has 4 heterocycles. The van der Waals surface area contributed by atoms with E-state index in [1.165, 1.54) is 0 Å². The van der Waals surface area contributed by atoms with Crippen LogP contribution in [0.5, 0.6) is 5.75 Å². The minimum atomic E-state index is -1.16. The maximum Gasteiger partial charge on any atom is 0.337 e. The van der Waals surface area contributed by atoms with E-state index in [1.54, 1.807) is 17.1 Å². The van der Waals surface area contributed by atoms with Crippen LogP contribution in [0.4, 0.5) is 5.69 Å². The molecule has 3 aromatic heterocycles. The quantitative estimate of drug-likeness (QED) is 0.390.